The molecule has 0 amide bonds. The minimum absolute atomic E-state index is 0.0372. The van der Waals surface area contributed by atoms with Gasteiger partial charge in [0.05, 0.1) is 24.0 Å². The highest BCUT2D eigenvalue weighted by molar-refractivity contribution is 9.10. The van der Waals surface area contributed by atoms with Gasteiger partial charge in [-0.1, -0.05) is 15.9 Å². The molecule has 0 spiro atoms. The minimum atomic E-state index is 0.0372. The lowest BCUT2D eigenvalue weighted by Crippen LogP contribution is -1.84. The second-order valence-corrected chi connectivity index (χ2v) is 3.38. The number of nitrogens with zero attached hydrogens (tertiary/aromatic N) is 1. The van der Waals surface area contributed by atoms with Crippen molar-refractivity contribution in [3.63, 3.8) is 0 Å². The van der Waals surface area contributed by atoms with E-state index in [9.17, 15) is 0 Å². The molecule has 2 aromatic rings. The lowest BCUT2D eigenvalue weighted by molar-refractivity contribution is 0.281. The van der Waals surface area contributed by atoms with Crippen LogP contribution >= 0.6 is 15.9 Å². The monoisotopic (exact) mass is 226 g/mol. The average Bonchev–Trinajstić information content (AvgIpc) is 2.49. The van der Waals surface area contributed by atoms with E-state index in [-0.39, 0.29) is 6.61 Å². The summed E-state index contributed by atoms with van der Waals surface area (Å²) in [6.07, 6.45) is 1.64. The van der Waals surface area contributed by atoms with Crippen LogP contribution in [0.25, 0.3) is 11.0 Å². The number of H-pyrrole nitrogens is 1. The second-order valence-electron chi connectivity index (χ2n) is 2.52. The molecule has 0 bridgehead atoms. The van der Waals surface area contributed by atoms with Gasteiger partial charge in [-0.3, -0.25) is 0 Å². The van der Waals surface area contributed by atoms with Crippen LogP contribution in [0, 0.1) is 0 Å². The Kier molecular flexibility index (Phi) is 1.86. The zero-order valence-corrected chi connectivity index (χ0v) is 7.80. The Morgan fingerprint density at radius 2 is 2.33 bits per heavy atom. The van der Waals surface area contributed by atoms with Crippen LogP contribution in [0.4, 0.5) is 0 Å². The van der Waals surface area contributed by atoms with E-state index in [2.05, 4.69) is 25.9 Å². The fraction of sp³-hybridized carbons (Fsp3) is 0.125. The summed E-state index contributed by atoms with van der Waals surface area (Å²) in [5.41, 5.74) is 2.72. The van der Waals surface area contributed by atoms with Gasteiger partial charge in [-0.2, -0.15) is 0 Å². The van der Waals surface area contributed by atoms with Gasteiger partial charge in [0, 0.05) is 4.47 Å². The van der Waals surface area contributed by atoms with Crippen molar-refractivity contribution in [3.8, 4) is 0 Å². The minimum Gasteiger partial charge on any atom is -0.392 e. The predicted molar refractivity (Wildman–Crippen MR) is 49.7 cm³/mol. The third-order valence-electron chi connectivity index (χ3n) is 1.76. The van der Waals surface area contributed by atoms with Crippen molar-refractivity contribution in [1.82, 2.24) is 9.97 Å². The third kappa shape index (κ3) is 1.13. The number of benzene rings is 1. The lowest BCUT2D eigenvalue weighted by atomic mass is 10.2. The SMILES string of the molecule is OCc1cc2[nH]cnc2cc1Br. The number of imidazole rings is 1. The molecule has 12 heavy (non-hydrogen) atoms. The van der Waals surface area contributed by atoms with Crippen molar-refractivity contribution < 1.29 is 5.11 Å². The van der Waals surface area contributed by atoms with Gasteiger partial charge in [0.1, 0.15) is 0 Å². The molecule has 0 aliphatic carbocycles. The molecule has 0 radical (unpaired) electrons. The number of aliphatic hydroxyl groups is 1. The Balaban J connectivity index is 2.73. The molecule has 0 unspecified atom stereocenters. The first kappa shape index (κ1) is 7.76. The molecule has 0 fully saturated rings. The van der Waals surface area contributed by atoms with Crippen molar-refractivity contribution in [2.24, 2.45) is 0 Å². The van der Waals surface area contributed by atoms with Gasteiger partial charge in [0.2, 0.25) is 0 Å². The van der Waals surface area contributed by atoms with Crippen molar-refractivity contribution in [1.29, 1.82) is 0 Å². The van der Waals surface area contributed by atoms with Gasteiger partial charge in [0.25, 0.3) is 0 Å². The molecular formula is C8H7BrN2O. The molecule has 2 N–H and O–H groups in total. The molecule has 62 valence electrons. The van der Waals surface area contributed by atoms with Gasteiger partial charge in [0.15, 0.2) is 0 Å². The molecule has 0 aliphatic rings. The highest BCUT2D eigenvalue weighted by Gasteiger charge is 2.02. The number of aliphatic hydroxyl groups excluding tert-OH is 1. The Morgan fingerprint density at radius 1 is 1.50 bits per heavy atom. The summed E-state index contributed by atoms with van der Waals surface area (Å²) in [7, 11) is 0. The fourth-order valence-corrected chi connectivity index (χ4v) is 1.58. The Morgan fingerprint density at radius 3 is 3.08 bits per heavy atom. The maximum absolute atomic E-state index is 8.95. The summed E-state index contributed by atoms with van der Waals surface area (Å²) >= 11 is 3.35. The number of aromatic amines is 1. The number of rotatable bonds is 1. The maximum atomic E-state index is 8.95. The normalized spacial score (nSPS) is 10.8. The van der Waals surface area contributed by atoms with Gasteiger partial charge in [-0.15, -0.1) is 0 Å². The number of hydrogen-bond donors (Lipinski definition) is 2. The molecule has 1 aromatic carbocycles. The van der Waals surface area contributed by atoms with E-state index in [0.29, 0.717) is 0 Å². The highest BCUT2D eigenvalue weighted by Crippen LogP contribution is 2.21. The van der Waals surface area contributed by atoms with E-state index in [1.54, 1.807) is 6.33 Å². The van der Waals surface area contributed by atoms with Crippen LogP contribution in [0.15, 0.2) is 22.9 Å². The molecule has 0 saturated carbocycles. The van der Waals surface area contributed by atoms with Crippen LogP contribution in [-0.2, 0) is 6.61 Å². The first-order valence-electron chi connectivity index (χ1n) is 3.53. The third-order valence-corrected chi connectivity index (χ3v) is 2.50. The molecule has 3 nitrogen and oxygen atoms in total. The van der Waals surface area contributed by atoms with Gasteiger partial charge in [-0.05, 0) is 17.7 Å². The summed E-state index contributed by atoms with van der Waals surface area (Å²) in [5, 5.41) is 8.95. The Labute approximate surface area is 77.6 Å². The number of aromatic nitrogens is 2. The Hall–Kier alpha value is -0.870. The van der Waals surface area contributed by atoms with Crippen molar-refractivity contribution >= 4 is 27.0 Å². The molecule has 0 atom stereocenters. The largest absolute Gasteiger partial charge is 0.392 e. The molecule has 4 heteroatoms. The molecular weight excluding hydrogens is 220 g/mol. The zero-order chi connectivity index (χ0) is 8.55. The zero-order valence-electron chi connectivity index (χ0n) is 6.21. The van der Waals surface area contributed by atoms with Crippen LogP contribution < -0.4 is 0 Å². The maximum Gasteiger partial charge on any atom is 0.0931 e. The average molecular weight is 227 g/mol. The highest BCUT2D eigenvalue weighted by atomic mass is 79.9. The predicted octanol–water partition coefficient (Wildman–Crippen LogP) is 1.82. The number of nitrogens with one attached hydrogen (secondary N) is 1. The van der Waals surface area contributed by atoms with Crippen LogP contribution in [0.2, 0.25) is 0 Å². The molecule has 0 aliphatic heterocycles. The van der Waals surface area contributed by atoms with E-state index in [1.807, 2.05) is 12.1 Å². The van der Waals surface area contributed by atoms with E-state index >= 15 is 0 Å². The molecule has 1 heterocycles. The van der Waals surface area contributed by atoms with Crippen LogP contribution in [0.1, 0.15) is 5.56 Å². The summed E-state index contributed by atoms with van der Waals surface area (Å²) in [4.78, 5) is 7.07. The van der Waals surface area contributed by atoms with Crippen molar-refractivity contribution in [2.75, 3.05) is 0 Å². The van der Waals surface area contributed by atoms with E-state index in [0.717, 1.165) is 21.1 Å². The van der Waals surface area contributed by atoms with Gasteiger partial charge in [-0.25, -0.2) is 4.98 Å². The first-order valence-corrected chi connectivity index (χ1v) is 4.33. The number of hydrogen-bond acceptors (Lipinski definition) is 2. The van der Waals surface area contributed by atoms with Crippen molar-refractivity contribution in [3.05, 3.63) is 28.5 Å². The fourth-order valence-electron chi connectivity index (χ4n) is 1.12. The first-order chi connectivity index (χ1) is 5.81. The standard InChI is InChI=1S/C8H7BrN2O/c9-6-2-8-7(10-4-11-8)1-5(6)3-12/h1-2,4,12H,3H2,(H,10,11). The lowest BCUT2D eigenvalue weighted by Gasteiger charge is -1.99. The van der Waals surface area contributed by atoms with Gasteiger partial charge >= 0.3 is 0 Å². The van der Waals surface area contributed by atoms with Crippen LogP contribution in [-0.4, -0.2) is 15.1 Å². The molecule has 2 rings (SSSR count). The molecule has 0 saturated heterocycles. The second kappa shape index (κ2) is 2.88. The Bertz CT molecular complexity index is 410. The number of halogens is 1. The smallest absolute Gasteiger partial charge is 0.0931 e. The van der Waals surface area contributed by atoms with Crippen LogP contribution in [0.5, 0.6) is 0 Å². The summed E-state index contributed by atoms with van der Waals surface area (Å²) in [5.74, 6) is 0. The summed E-state index contributed by atoms with van der Waals surface area (Å²) < 4.78 is 0.893. The summed E-state index contributed by atoms with van der Waals surface area (Å²) in [6, 6.07) is 3.77. The number of fused-ring (bicyclic) bond motifs is 1. The molecule has 1 aromatic heterocycles. The van der Waals surface area contributed by atoms with Crippen molar-refractivity contribution in [2.45, 2.75) is 6.61 Å². The summed E-state index contributed by atoms with van der Waals surface area (Å²) in [6.45, 7) is 0.0372. The van der Waals surface area contributed by atoms with E-state index < -0.39 is 0 Å². The van der Waals surface area contributed by atoms with E-state index in [1.165, 1.54) is 0 Å². The topological polar surface area (TPSA) is 48.9 Å². The van der Waals surface area contributed by atoms with Crippen LogP contribution in [0.3, 0.4) is 0 Å². The van der Waals surface area contributed by atoms with Gasteiger partial charge < -0.3 is 10.1 Å². The van der Waals surface area contributed by atoms with E-state index in [4.69, 9.17) is 5.11 Å². The quantitative estimate of drug-likeness (QED) is 0.780.